The summed E-state index contributed by atoms with van der Waals surface area (Å²) in [5.41, 5.74) is 7.14. The molecule has 1 fully saturated rings. The van der Waals surface area contributed by atoms with Crippen LogP contribution in [0, 0.1) is 13.8 Å². The van der Waals surface area contributed by atoms with Crippen LogP contribution in [0.4, 0.5) is 0 Å². The molecule has 2 atom stereocenters. The minimum atomic E-state index is 0.334. The first kappa shape index (κ1) is 15.5. The van der Waals surface area contributed by atoms with Crippen molar-refractivity contribution in [1.82, 2.24) is 5.43 Å². The lowest BCUT2D eigenvalue weighted by atomic mass is 9.93. The average molecular weight is 276 g/mol. The summed E-state index contributed by atoms with van der Waals surface area (Å²) in [6.07, 6.45) is 7.37. The Labute approximate surface area is 122 Å². The maximum Gasteiger partial charge on any atom is 0.0575 e. The van der Waals surface area contributed by atoms with E-state index in [1.807, 2.05) is 0 Å². The van der Waals surface area contributed by atoms with Crippen LogP contribution in [0.25, 0.3) is 0 Å². The van der Waals surface area contributed by atoms with Crippen molar-refractivity contribution in [3.8, 4) is 0 Å². The summed E-state index contributed by atoms with van der Waals surface area (Å²) in [4.78, 5) is 0. The molecule has 0 aromatic heterocycles. The van der Waals surface area contributed by atoms with E-state index in [-0.39, 0.29) is 0 Å². The zero-order chi connectivity index (χ0) is 14.4. The van der Waals surface area contributed by atoms with Gasteiger partial charge in [-0.3, -0.25) is 11.3 Å². The van der Waals surface area contributed by atoms with Crippen LogP contribution >= 0.6 is 0 Å². The van der Waals surface area contributed by atoms with Gasteiger partial charge in [0.1, 0.15) is 0 Å². The van der Waals surface area contributed by atoms with E-state index in [1.165, 1.54) is 36.0 Å². The molecule has 3 N–H and O–H groups in total. The molecule has 0 radical (unpaired) electrons. The van der Waals surface area contributed by atoms with E-state index in [0.29, 0.717) is 12.1 Å². The van der Waals surface area contributed by atoms with Gasteiger partial charge in [-0.1, -0.05) is 18.2 Å². The predicted octanol–water partition coefficient (Wildman–Crippen LogP) is 3.03. The maximum absolute atomic E-state index is 5.80. The van der Waals surface area contributed by atoms with Gasteiger partial charge in [0.25, 0.3) is 0 Å². The molecule has 0 bridgehead atoms. The zero-order valence-corrected chi connectivity index (χ0v) is 12.8. The lowest BCUT2D eigenvalue weighted by Crippen LogP contribution is -2.38. The predicted molar refractivity (Wildman–Crippen MR) is 83.6 cm³/mol. The van der Waals surface area contributed by atoms with Gasteiger partial charge in [-0.05, 0) is 69.1 Å². The summed E-state index contributed by atoms with van der Waals surface area (Å²) in [7, 11) is 0. The molecule has 1 aromatic carbocycles. The number of aryl methyl sites for hydroxylation is 2. The SMILES string of the molecule is Cc1cccc(C)c1CC(CCC1CCCCO1)NN. The summed E-state index contributed by atoms with van der Waals surface area (Å²) < 4.78 is 5.80. The number of nitrogens with one attached hydrogen (secondary N) is 1. The van der Waals surface area contributed by atoms with E-state index in [9.17, 15) is 0 Å². The van der Waals surface area contributed by atoms with E-state index < -0.39 is 0 Å². The van der Waals surface area contributed by atoms with Crippen molar-refractivity contribution in [3.63, 3.8) is 0 Å². The fraction of sp³-hybridized carbons (Fsp3) is 0.647. The Morgan fingerprint density at radius 3 is 2.65 bits per heavy atom. The molecule has 0 saturated carbocycles. The third-order valence-corrected chi connectivity index (χ3v) is 4.44. The van der Waals surface area contributed by atoms with Gasteiger partial charge in [-0.2, -0.15) is 0 Å². The van der Waals surface area contributed by atoms with Crippen LogP contribution in [-0.2, 0) is 11.2 Å². The lowest BCUT2D eigenvalue weighted by Gasteiger charge is -2.25. The second-order valence-electron chi connectivity index (χ2n) is 6.00. The molecule has 3 heteroatoms. The number of benzene rings is 1. The van der Waals surface area contributed by atoms with Gasteiger partial charge < -0.3 is 4.74 Å². The van der Waals surface area contributed by atoms with Crippen LogP contribution in [-0.4, -0.2) is 18.8 Å². The van der Waals surface area contributed by atoms with Gasteiger partial charge in [-0.25, -0.2) is 0 Å². The maximum atomic E-state index is 5.80. The number of hydrogen-bond donors (Lipinski definition) is 2. The third kappa shape index (κ3) is 4.30. The van der Waals surface area contributed by atoms with E-state index in [1.54, 1.807) is 0 Å². The van der Waals surface area contributed by atoms with Crippen molar-refractivity contribution in [2.45, 2.75) is 64.5 Å². The summed E-state index contributed by atoms with van der Waals surface area (Å²) in [5, 5.41) is 0. The molecule has 0 aliphatic carbocycles. The van der Waals surface area contributed by atoms with Gasteiger partial charge in [0, 0.05) is 12.6 Å². The highest BCUT2D eigenvalue weighted by Crippen LogP contribution is 2.20. The Kier molecular flexibility index (Phi) is 6.02. The number of ether oxygens (including phenoxy) is 1. The quantitative estimate of drug-likeness (QED) is 0.620. The van der Waals surface area contributed by atoms with Crippen LogP contribution in [0.1, 0.15) is 48.8 Å². The van der Waals surface area contributed by atoms with Gasteiger partial charge in [0.2, 0.25) is 0 Å². The Morgan fingerprint density at radius 1 is 1.30 bits per heavy atom. The minimum absolute atomic E-state index is 0.334. The molecule has 20 heavy (non-hydrogen) atoms. The smallest absolute Gasteiger partial charge is 0.0575 e. The molecular formula is C17H28N2O. The fourth-order valence-corrected chi connectivity index (χ4v) is 3.08. The summed E-state index contributed by atoms with van der Waals surface area (Å²) >= 11 is 0. The van der Waals surface area contributed by atoms with Crippen molar-refractivity contribution in [1.29, 1.82) is 0 Å². The Morgan fingerprint density at radius 2 is 2.05 bits per heavy atom. The average Bonchev–Trinajstić information content (AvgIpc) is 2.47. The van der Waals surface area contributed by atoms with Crippen molar-refractivity contribution in [2.75, 3.05) is 6.61 Å². The fourth-order valence-electron chi connectivity index (χ4n) is 3.08. The summed E-state index contributed by atoms with van der Waals surface area (Å²) in [5.74, 6) is 5.75. The highest BCUT2D eigenvalue weighted by atomic mass is 16.5. The largest absolute Gasteiger partial charge is 0.378 e. The first-order chi connectivity index (χ1) is 9.70. The Balaban J connectivity index is 1.88. The molecule has 0 spiro atoms. The Bertz CT molecular complexity index is 393. The molecule has 0 amide bonds. The van der Waals surface area contributed by atoms with Crippen LogP contribution in [0.5, 0.6) is 0 Å². The topological polar surface area (TPSA) is 47.3 Å². The number of nitrogens with two attached hydrogens (primary N) is 1. The van der Waals surface area contributed by atoms with E-state index in [4.69, 9.17) is 10.6 Å². The van der Waals surface area contributed by atoms with E-state index in [0.717, 1.165) is 25.9 Å². The van der Waals surface area contributed by atoms with Crippen molar-refractivity contribution < 1.29 is 4.74 Å². The van der Waals surface area contributed by atoms with Gasteiger partial charge >= 0.3 is 0 Å². The first-order valence-corrected chi connectivity index (χ1v) is 7.83. The monoisotopic (exact) mass is 276 g/mol. The van der Waals surface area contributed by atoms with Gasteiger partial charge in [0.05, 0.1) is 6.10 Å². The number of hydrazine groups is 1. The highest BCUT2D eigenvalue weighted by Gasteiger charge is 2.17. The molecule has 1 saturated heterocycles. The van der Waals surface area contributed by atoms with Crippen molar-refractivity contribution in [2.24, 2.45) is 5.84 Å². The first-order valence-electron chi connectivity index (χ1n) is 7.83. The van der Waals surface area contributed by atoms with Crippen LogP contribution in [0.2, 0.25) is 0 Å². The van der Waals surface area contributed by atoms with Gasteiger partial charge in [-0.15, -0.1) is 0 Å². The normalized spacial score (nSPS) is 20.9. The molecule has 1 aromatic rings. The lowest BCUT2D eigenvalue weighted by molar-refractivity contribution is 0.00858. The standard InChI is InChI=1S/C17H28N2O/c1-13-6-5-7-14(2)17(13)12-15(19-18)9-10-16-8-3-4-11-20-16/h5-7,15-16,19H,3-4,8-12,18H2,1-2H3. The zero-order valence-electron chi connectivity index (χ0n) is 12.8. The van der Waals surface area contributed by atoms with Crippen LogP contribution in [0.15, 0.2) is 18.2 Å². The molecule has 1 aliphatic heterocycles. The molecule has 2 rings (SSSR count). The molecule has 2 unspecified atom stereocenters. The summed E-state index contributed by atoms with van der Waals surface area (Å²) in [6.45, 7) is 5.29. The van der Waals surface area contributed by atoms with Crippen molar-refractivity contribution in [3.05, 3.63) is 34.9 Å². The Hall–Kier alpha value is -0.900. The second kappa shape index (κ2) is 7.77. The minimum Gasteiger partial charge on any atom is -0.378 e. The van der Waals surface area contributed by atoms with E-state index in [2.05, 4.69) is 37.5 Å². The van der Waals surface area contributed by atoms with Crippen molar-refractivity contribution >= 4 is 0 Å². The summed E-state index contributed by atoms with van der Waals surface area (Å²) in [6, 6.07) is 6.82. The van der Waals surface area contributed by atoms with Crippen LogP contribution < -0.4 is 11.3 Å². The number of rotatable bonds is 6. The van der Waals surface area contributed by atoms with Crippen LogP contribution in [0.3, 0.4) is 0 Å². The number of hydrogen-bond acceptors (Lipinski definition) is 3. The molecule has 1 aliphatic rings. The third-order valence-electron chi connectivity index (χ3n) is 4.44. The molecule has 3 nitrogen and oxygen atoms in total. The highest BCUT2D eigenvalue weighted by molar-refractivity contribution is 5.34. The molecule has 112 valence electrons. The second-order valence-corrected chi connectivity index (χ2v) is 6.00. The van der Waals surface area contributed by atoms with E-state index >= 15 is 0 Å². The molecule has 1 heterocycles. The van der Waals surface area contributed by atoms with Gasteiger partial charge in [0.15, 0.2) is 0 Å². The molecular weight excluding hydrogens is 248 g/mol.